The van der Waals surface area contributed by atoms with Gasteiger partial charge in [0.15, 0.2) is 5.16 Å². The van der Waals surface area contributed by atoms with E-state index in [0.717, 1.165) is 55.3 Å². The normalized spacial score (nSPS) is 16.8. The van der Waals surface area contributed by atoms with Gasteiger partial charge in [-0.3, -0.25) is 9.79 Å². The lowest BCUT2D eigenvalue weighted by Gasteiger charge is -2.32. The van der Waals surface area contributed by atoms with E-state index in [9.17, 15) is 4.79 Å². The number of nitrogens with one attached hydrogen (secondary N) is 1. The summed E-state index contributed by atoms with van der Waals surface area (Å²) >= 11 is 1.48. The number of aliphatic imine (C=N–C) groups is 1. The number of likely N-dealkylation sites (tertiary alicyclic amines) is 1. The van der Waals surface area contributed by atoms with Gasteiger partial charge in [0.25, 0.3) is 5.91 Å². The Morgan fingerprint density at radius 3 is 2.44 bits per heavy atom. The average Bonchev–Trinajstić information content (AvgIpc) is 3.26. The van der Waals surface area contributed by atoms with Gasteiger partial charge in [-0.25, -0.2) is 9.97 Å². The van der Waals surface area contributed by atoms with Crippen molar-refractivity contribution in [3.8, 4) is 0 Å². The van der Waals surface area contributed by atoms with Crippen molar-refractivity contribution in [2.45, 2.75) is 36.2 Å². The number of carbonyl (C=O) groups is 1. The minimum absolute atomic E-state index is 0.108. The van der Waals surface area contributed by atoms with E-state index >= 15 is 0 Å². The van der Waals surface area contributed by atoms with E-state index in [1.807, 2.05) is 42.2 Å². The van der Waals surface area contributed by atoms with Crippen LogP contribution in [0.4, 0.5) is 11.6 Å². The van der Waals surface area contributed by atoms with Gasteiger partial charge >= 0.3 is 0 Å². The molecule has 3 N–H and O–H groups in total. The summed E-state index contributed by atoms with van der Waals surface area (Å²) in [5, 5.41) is 3.88. The van der Waals surface area contributed by atoms with E-state index in [0.29, 0.717) is 22.5 Å². The molecule has 8 nitrogen and oxygen atoms in total. The van der Waals surface area contributed by atoms with Crippen molar-refractivity contribution in [1.82, 2.24) is 14.9 Å². The lowest BCUT2D eigenvalue weighted by Crippen LogP contribution is -2.37. The van der Waals surface area contributed by atoms with Crippen LogP contribution in [0.15, 0.2) is 57.1 Å². The van der Waals surface area contributed by atoms with Crippen molar-refractivity contribution in [2.75, 3.05) is 43.4 Å². The Labute approximate surface area is 193 Å². The summed E-state index contributed by atoms with van der Waals surface area (Å²) in [6.07, 6.45) is 5.12. The van der Waals surface area contributed by atoms with Gasteiger partial charge < -0.3 is 20.9 Å². The molecule has 1 amide bonds. The highest BCUT2D eigenvalue weighted by Gasteiger charge is 2.20. The lowest BCUT2D eigenvalue weighted by atomic mass is 10.2. The van der Waals surface area contributed by atoms with Crippen molar-refractivity contribution in [3.63, 3.8) is 0 Å². The average molecular weight is 452 g/mol. The second-order valence-electron chi connectivity index (χ2n) is 7.98. The number of carbonyl (C=O) groups excluding carboxylic acids is 1. The molecule has 3 heterocycles. The SMILES string of the molecule is C/N=C(\C=C(\C)N)Nc1cc(N2CCC2)nc(Sc2ccc(C(=O)N3CCCC3)cc2)n1. The quantitative estimate of drug-likeness (QED) is 0.395. The summed E-state index contributed by atoms with van der Waals surface area (Å²) in [5.74, 6) is 2.31. The van der Waals surface area contributed by atoms with Gasteiger partial charge in [-0.15, -0.1) is 0 Å². The number of amides is 1. The fourth-order valence-corrected chi connectivity index (χ4v) is 4.37. The maximum atomic E-state index is 12.6. The number of hydrogen-bond donors (Lipinski definition) is 2. The largest absolute Gasteiger partial charge is 0.402 e. The van der Waals surface area contributed by atoms with Crippen molar-refractivity contribution < 1.29 is 4.79 Å². The first-order valence-corrected chi connectivity index (χ1v) is 11.7. The summed E-state index contributed by atoms with van der Waals surface area (Å²) in [5.41, 5.74) is 7.19. The first-order chi connectivity index (χ1) is 15.5. The zero-order chi connectivity index (χ0) is 22.5. The zero-order valence-corrected chi connectivity index (χ0v) is 19.4. The Hall–Kier alpha value is -3.07. The van der Waals surface area contributed by atoms with E-state index in [4.69, 9.17) is 10.7 Å². The van der Waals surface area contributed by atoms with E-state index in [-0.39, 0.29) is 5.91 Å². The molecule has 32 heavy (non-hydrogen) atoms. The zero-order valence-electron chi connectivity index (χ0n) is 18.5. The number of nitrogens with zero attached hydrogens (tertiary/aromatic N) is 5. The number of aromatic nitrogens is 2. The van der Waals surface area contributed by atoms with Crippen LogP contribution in [0.3, 0.4) is 0 Å². The third kappa shape index (κ3) is 5.40. The molecular weight excluding hydrogens is 422 g/mol. The van der Waals surface area contributed by atoms with Crippen LogP contribution in [-0.4, -0.2) is 59.8 Å². The number of anilines is 2. The van der Waals surface area contributed by atoms with Gasteiger partial charge in [-0.2, -0.15) is 0 Å². The Morgan fingerprint density at radius 1 is 1.12 bits per heavy atom. The highest BCUT2D eigenvalue weighted by molar-refractivity contribution is 7.99. The number of benzene rings is 1. The Kier molecular flexibility index (Phi) is 6.94. The summed E-state index contributed by atoms with van der Waals surface area (Å²) in [6.45, 7) is 5.50. The predicted molar refractivity (Wildman–Crippen MR) is 129 cm³/mol. The van der Waals surface area contributed by atoms with Gasteiger partial charge in [-0.05, 0) is 68.3 Å². The van der Waals surface area contributed by atoms with Gasteiger partial charge in [0.2, 0.25) is 0 Å². The summed E-state index contributed by atoms with van der Waals surface area (Å²) in [4.78, 5) is 31.4. The molecule has 0 bridgehead atoms. The van der Waals surface area contributed by atoms with Crippen LogP contribution < -0.4 is 16.0 Å². The smallest absolute Gasteiger partial charge is 0.253 e. The van der Waals surface area contributed by atoms with Crippen molar-refractivity contribution in [1.29, 1.82) is 0 Å². The third-order valence-corrected chi connectivity index (χ3v) is 6.31. The van der Waals surface area contributed by atoms with Crippen molar-refractivity contribution in [2.24, 2.45) is 10.7 Å². The van der Waals surface area contributed by atoms with Crippen LogP contribution in [0.2, 0.25) is 0 Å². The first kappa shape index (κ1) is 22.1. The first-order valence-electron chi connectivity index (χ1n) is 10.9. The number of nitrogens with two attached hydrogens (primary N) is 1. The van der Waals surface area contributed by atoms with Crippen LogP contribution in [0.1, 0.15) is 36.5 Å². The van der Waals surface area contributed by atoms with Crippen LogP contribution >= 0.6 is 11.8 Å². The Balaban J connectivity index is 1.53. The fraction of sp³-hybridized carbons (Fsp3) is 0.391. The molecule has 0 saturated carbocycles. The van der Waals surface area contributed by atoms with Crippen LogP contribution in [0.5, 0.6) is 0 Å². The van der Waals surface area contributed by atoms with Crippen LogP contribution in [0.25, 0.3) is 0 Å². The van der Waals surface area contributed by atoms with Crippen LogP contribution in [0, 0.1) is 0 Å². The molecule has 0 radical (unpaired) electrons. The summed E-state index contributed by atoms with van der Waals surface area (Å²) < 4.78 is 0. The van der Waals surface area contributed by atoms with Gasteiger partial charge in [0, 0.05) is 55.4 Å². The molecule has 0 aliphatic carbocycles. The third-order valence-electron chi connectivity index (χ3n) is 5.44. The minimum atomic E-state index is 0.108. The summed E-state index contributed by atoms with van der Waals surface area (Å²) in [6, 6.07) is 9.63. The Bertz CT molecular complexity index is 1020. The highest BCUT2D eigenvalue weighted by Crippen LogP contribution is 2.30. The molecule has 2 fully saturated rings. The number of amidine groups is 1. The van der Waals surface area contributed by atoms with E-state index in [1.165, 1.54) is 18.2 Å². The molecule has 0 spiro atoms. The monoisotopic (exact) mass is 451 g/mol. The number of rotatable bonds is 6. The molecule has 1 aromatic heterocycles. The highest BCUT2D eigenvalue weighted by atomic mass is 32.2. The lowest BCUT2D eigenvalue weighted by molar-refractivity contribution is 0.0792. The van der Waals surface area contributed by atoms with E-state index in [2.05, 4.69) is 20.2 Å². The molecule has 168 valence electrons. The second-order valence-corrected chi connectivity index (χ2v) is 9.02. The fourth-order valence-electron chi connectivity index (χ4n) is 3.61. The van der Waals surface area contributed by atoms with Crippen LogP contribution in [-0.2, 0) is 0 Å². The molecule has 2 saturated heterocycles. The van der Waals surface area contributed by atoms with Gasteiger partial charge in [0.1, 0.15) is 17.5 Å². The molecule has 1 aromatic carbocycles. The van der Waals surface area contributed by atoms with Gasteiger partial charge in [-0.1, -0.05) is 0 Å². The molecule has 0 unspecified atom stereocenters. The van der Waals surface area contributed by atoms with Gasteiger partial charge in [0.05, 0.1) is 0 Å². The topological polar surface area (TPSA) is 99.7 Å². The van der Waals surface area contributed by atoms with Crippen molar-refractivity contribution in [3.05, 3.63) is 47.7 Å². The summed E-state index contributed by atoms with van der Waals surface area (Å²) in [7, 11) is 1.71. The molecule has 2 aliphatic rings. The van der Waals surface area contributed by atoms with E-state index < -0.39 is 0 Å². The predicted octanol–water partition coefficient (Wildman–Crippen LogP) is 3.38. The number of hydrogen-bond acceptors (Lipinski definition) is 7. The second kappa shape index (κ2) is 10.0. The van der Waals surface area contributed by atoms with E-state index in [1.54, 1.807) is 13.1 Å². The minimum Gasteiger partial charge on any atom is -0.402 e. The standard InChI is InChI=1S/C23H29N7OS/c1-16(24)14-19(25-2)26-20-15-21(29-12-5-13-29)28-23(27-20)32-18-8-6-17(7-9-18)22(31)30-10-3-4-11-30/h6-9,14-15H,3-5,10-13,24H2,1-2H3,(H,25,26,27,28)/b16-14-. The Morgan fingerprint density at radius 2 is 1.84 bits per heavy atom. The molecule has 4 rings (SSSR count). The molecule has 9 heteroatoms. The maximum absolute atomic E-state index is 12.6. The molecular formula is C23H29N7OS. The molecule has 0 atom stereocenters. The van der Waals surface area contributed by atoms with Crippen molar-refractivity contribution >= 4 is 35.1 Å². The molecule has 2 aliphatic heterocycles. The number of allylic oxidation sites excluding steroid dienone is 1. The maximum Gasteiger partial charge on any atom is 0.253 e. The molecule has 2 aromatic rings.